The van der Waals surface area contributed by atoms with Crippen LogP contribution in [0.3, 0.4) is 0 Å². The van der Waals surface area contributed by atoms with Crippen LogP contribution in [0.1, 0.15) is 53.9 Å². The van der Waals surface area contributed by atoms with Gasteiger partial charge in [0, 0.05) is 0 Å². The van der Waals surface area contributed by atoms with Crippen molar-refractivity contribution in [2.24, 2.45) is 11.8 Å². The van der Waals surface area contributed by atoms with Crippen LogP contribution in [0.2, 0.25) is 0 Å². The van der Waals surface area contributed by atoms with Crippen molar-refractivity contribution in [1.29, 1.82) is 0 Å². The molecular weight excluding hydrogens is 450 g/mol. The first-order valence-electron chi connectivity index (χ1n) is 11.2. The normalized spacial score (nSPS) is 29.1. The number of hydrogen-bond donors (Lipinski definition) is 5. The second-order valence-electron chi connectivity index (χ2n) is 8.80. The summed E-state index contributed by atoms with van der Waals surface area (Å²) in [6.45, 7) is 8.60. The summed E-state index contributed by atoms with van der Waals surface area (Å²) in [4.78, 5) is 60.2. The van der Waals surface area contributed by atoms with Crippen LogP contribution < -0.4 is 16.0 Å². The van der Waals surface area contributed by atoms with Crippen LogP contribution in [-0.2, 0) is 29.0 Å². The first-order valence-corrected chi connectivity index (χ1v) is 11.8. The van der Waals surface area contributed by atoms with Gasteiger partial charge in [0.05, 0.1) is 25.0 Å². The van der Waals surface area contributed by atoms with Crippen molar-refractivity contribution in [2.75, 3.05) is 5.75 Å². The molecule has 0 aromatic heterocycles. The van der Waals surface area contributed by atoms with Crippen molar-refractivity contribution >= 4 is 36.3 Å². The molecule has 0 radical (unpaired) electrons. The zero-order valence-electron chi connectivity index (χ0n) is 19.9. The third kappa shape index (κ3) is 10.1. The molecule has 1 aliphatic heterocycles. The fraction of sp³-hybridized carbons (Fsp3) is 0.727. The quantitative estimate of drug-likeness (QED) is 0.218. The third-order valence-electron chi connectivity index (χ3n) is 5.13. The molecule has 1 saturated heterocycles. The Morgan fingerprint density at radius 2 is 1.70 bits per heavy atom. The Labute approximate surface area is 200 Å². The van der Waals surface area contributed by atoms with Gasteiger partial charge in [-0.25, -0.2) is 4.79 Å². The van der Waals surface area contributed by atoms with Crippen LogP contribution in [0.15, 0.2) is 12.2 Å². The average molecular weight is 488 g/mol. The van der Waals surface area contributed by atoms with E-state index in [1.807, 2.05) is 0 Å². The van der Waals surface area contributed by atoms with Gasteiger partial charge in [0.25, 0.3) is 0 Å². The van der Waals surface area contributed by atoms with Crippen molar-refractivity contribution < 1.29 is 34.1 Å². The van der Waals surface area contributed by atoms with Crippen molar-refractivity contribution in [2.45, 2.75) is 84.2 Å². The van der Waals surface area contributed by atoms with E-state index >= 15 is 0 Å². The van der Waals surface area contributed by atoms with Crippen molar-refractivity contribution in [3.8, 4) is 0 Å². The Bertz CT molecular complexity index is 714. The van der Waals surface area contributed by atoms with Crippen LogP contribution in [0.25, 0.3) is 0 Å². The average Bonchev–Trinajstić information content (AvgIpc) is 2.72. The van der Waals surface area contributed by atoms with Gasteiger partial charge in [-0.2, -0.15) is 17.5 Å². The molecule has 1 rings (SSSR count). The summed E-state index contributed by atoms with van der Waals surface area (Å²) < 4.78 is 0. The second kappa shape index (κ2) is 14.2. The Morgan fingerprint density at radius 1 is 1.03 bits per heavy atom. The van der Waals surface area contributed by atoms with Gasteiger partial charge >= 0.3 is 5.97 Å². The lowest BCUT2D eigenvalue weighted by Crippen LogP contribution is -2.57. The van der Waals surface area contributed by atoms with Crippen molar-refractivity contribution in [1.82, 2.24) is 16.0 Å². The Hall–Kier alpha value is -2.11. The van der Waals surface area contributed by atoms with Gasteiger partial charge in [-0.3, -0.25) is 19.3 Å². The van der Waals surface area contributed by atoms with E-state index in [0.717, 1.165) is 0 Å². The van der Waals surface area contributed by atoms with Gasteiger partial charge in [-0.05, 0) is 30.9 Å². The summed E-state index contributed by atoms with van der Waals surface area (Å²) in [5, 5.41) is 18.5. The maximum atomic E-state index is 12.8. The van der Waals surface area contributed by atoms with Crippen LogP contribution in [-0.4, -0.2) is 64.9 Å². The first-order chi connectivity index (χ1) is 15.5. The highest BCUT2D eigenvalue weighted by Gasteiger charge is 2.32. The molecule has 1 fully saturated rings. The fourth-order valence-corrected chi connectivity index (χ4v) is 3.37. The number of allylic oxidation sites excluding steroid dienone is 1. The predicted octanol–water partition coefficient (Wildman–Crippen LogP) is 0.647. The summed E-state index contributed by atoms with van der Waals surface area (Å²) >= 11 is 4.12. The molecule has 0 unspecified atom stereocenters. The van der Waals surface area contributed by atoms with Gasteiger partial charge in [0.15, 0.2) is 0 Å². The van der Waals surface area contributed by atoms with Crippen molar-refractivity contribution in [3.63, 3.8) is 0 Å². The van der Waals surface area contributed by atoms with Crippen molar-refractivity contribution in [3.05, 3.63) is 12.2 Å². The molecule has 0 saturated carbocycles. The molecule has 4 N–H and O–H groups in total. The molecule has 1 heterocycles. The van der Waals surface area contributed by atoms with Crippen LogP contribution in [0.4, 0.5) is 0 Å². The molecule has 33 heavy (non-hydrogen) atoms. The molecule has 10 nitrogen and oxygen atoms in total. The van der Waals surface area contributed by atoms with Gasteiger partial charge in [-0.1, -0.05) is 39.8 Å². The molecule has 0 aromatic rings. The summed E-state index contributed by atoms with van der Waals surface area (Å²) in [5.74, 6) is -2.26. The van der Waals surface area contributed by atoms with Crippen LogP contribution in [0, 0.1) is 11.8 Å². The number of aliphatic hydroxyl groups is 1. The first kappa shape index (κ1) is 28.9. The monoisotopic (exact) mass is 487 g/mol. The highest BCUT2D eigenvalue weighted by atomic mass is 32.1. The highest BCUT2D eigenvalue weighted by molar-refractivity contribution is 7.80. The number of thiol groups is 1. The highest BCUT2D eigenvalue weighted by Crippen LogP contribution is 2.13. The molecule has 0 aromatic carbocycles. The molecule has 0 bridgehead atoms. The van der Waals surface area contributed by atoms with Crippen LogP contribution in [0.5, 0.6) is 0 Å². The topological polar surface area (TPSA) is 143 Å². The number of hydrogen-bond acceptors (Lipinski definition) is 8. The minimum absolute atomic E-state index is 0.208. The number of carbonyl (C=O) groups excluding carboxylic acids is 4. The van der Waals surface area contributed by atoms with Gasteiger partial charge in [0.1, 0.15) is 18.2 Å². The summed E-state index contributed by atoms with van der Waals surface area (Å²) in [5.41, 5.74) is 0. The predicted molar refractivity (Wildman–Crippen MR) is 125 cm³/mol. The molecule has 3 amide bonds. The lowest BCUT2D eigenvalue weighted by atomic mass is 9.96. The molecule has 0 aliphatic carbocycles. The third-order valence-corrected chi connectivity index (χ3v) is 5.39. The maximum absolute atomic E-state index is 12.8. The second-order valence-corrected chi connectivity index (χ2v) is 9.25. The summed E-state index contributed by atoms with van der Waals surface area (Å²) in [6, 6.07) is -2.58. The molecular formula is C22H37N3O7S. The lowest BCUT2D eigenvalue weighted by Gasteiger charge is -2.29. The number of rotatable bonds is 5. The zero-order valence-corrected chi connectivity index (χ0v) is 20.8. The smallest absolute Gasteiger partial charge is 0.345 e. The molecule has 1 aliphatic rings. The van der Waals surface area contributed by atoms with E-state index in [1.54, 1.807) is 39.8 Å². The number of aliphatic hydroxyl groups excluding tert-OH is 1. The van der Waals surface area contributed by atoms with E-state index < -0.39 is 60.4 Å². The van der Waals surface area contributed by atoms with E-state index in [0.29, 0.717) is 12.2 Å². The Morgan fingerprint density at radius 3 is 2.27 bits per heavy atom. The van der Waals surface area contributed by atoms with E-state index in [9.17, 15) is 24.3 Å². The van der Waals surface area contributed by atoms with E-state index in [1.165, 1.54) is 6.92 Å². The number of amides is 3. The molecule has 11 heteroatoms. The maximum Gasteiger partial charge on any atom is 0.345 e. The minimum Gasteiger partial charge on any atom is -0.390 e. The Kier molecular flexibility index (Phi) is 12.5. The van der Waals surface area contributed by atoms with Crippen LogP contribution >= 0.6 is 12.6 Å². The lowest BCUT2D eigenvalue weighted by molar-refractivity contribution is -0.290. The molecule has 0 spiro atoms. The molecule has 188 valence electrons. The zero-order chi connectivity index (χ0) is 25.1. The fourth-order valence-electron chi connectivity index (χ4n) is 3.22. The van der Waals surface area contributed by atoms with E-state index in [-0.39, 0.29) is 18.3 Å². The van der Waals surface area contributed by atoms with Gasteiger partial charge < -0.3 is 21.1 Å². The number of nitrogens with one attached hydrogen (secondary N) is 3. The molecule has 5 atom stereocenters. The SMILES string of the molecule is CC(C)[C@H]1NC(=O)[C@@H](C)NC(=O)[C@@H](C(C)C)NC(=O)C[C@@H](C=CCCS)OOC(=O)C[C@@H]1O. The van der Waals surface area contributed by atoms with E-state index in [4.69, 9.17) is 9.78 Å². The van der Waals surface area contributed by atoms with E-state index in [2.05, 4.69) is 28.6 Å². The summed E-state index contributed by atoms with van der Waals surface area (Å²) in [7, 11) is 0. The number of carbonyl (C=O) groups is 4. The standard InChI is InChI=1S/C22H37N3O7S/c1-12(2)19-16(26)11-18(28)32-31-15(8-6-7-9-33)10-17(27)24-20(13(3)4)22(30)23-14(5)21(29)25-19/h6,8,12-16,19-20,26,33H,7,9-11H2,1-5H3,(H,23,30)(H,24,27)(H,25,29)/t14-,15-,16+,19-,20-/m1/s1. The Balaban J connectivity index is 3.18. The largest absolute Gasteiger partial charge is 0.390 e. The minimum atomic E-state index is -1.24. The summed E-state index contributed by atoms with van der Waals surface area (Å²) in [6.07, 6.45) is 1.15. The van der Waals surface area contributed by atoms with Gasteiger partial charge in [-0.15, -0.1) is 0 Å². The van der Waals surface area contributed by atoms with Gasteiger partial charge in [0.2, 0.25) is 17.7 Å².